The van der Waals surface area contributed by atoms with Crippen LogP contribution in [0.25, 0.3) is 0 Å². The molecule has 0 amide bonds. The van der Waals surface area contributed by atoms with Gasteiger partial charge in [-0.2, -0.15) is 0 Å². The molecule has 22 heavy (non-hydrogen) atoms. The second kappa shape index (κ2) is 7.45. The van der Waals surface area contributed by atoms with Crippen molar-refractivity contribution in [1.82, 2.24) is 10.6 Å². The van der Waals surface area contributed by atoms with Gasteiger partial charge in [0.05, 0.1) is 0 Å². The van der Waals surface area contributed by atoms with E-state index in [-0.39, 0.29) is 5.41 Å². The largest absolute Gasteiger partial charge is 0.356 e. The molecule has 118 valence electrons. The number of nitrogens with zero attached hydrogens (tertiary/aromatic N) is 1. The van der Waals surface area contributed by atoms with Crippen molar-refractivity contribution in [3.8, 4) is 0 Å². The molecule has 0 aliphatic rings. The lowest BCUT2D eigenvalue weighted by atomic mass is 9.91. The molecule has 0 saturated heterocycles. The third-order valence-corrected chi connectivity index (χ3v) is 5.05. The van der Waals surface area contributed by atoms with Crippen LogP contribution in [0.4, 0.5) is 0 Å². The summed E-state index contributed by atoms with van der Waals surface area (Å²) in [7, 11) is 1.81. The topological polar surface area (TPSA) is 36.4 Å². The quantitative estimate of drug-likeness (QED) is 0.652. The first-order valence-electron chi connectivity index (χ1n) is 7.56. The summed E-state index contributed by atoms with van der Waals surface area (Å²) in [6, 6.07) is 12.7. The maximum absolute atomic E-state index is 4.32. The Morgan fingerprint density at radius 1 is 1.14 bits per heavy atom. The van der Waals surface area contributed by atoms with Crippen LogP contribution in [0.1, 0.15) is 29.9 Å². The monoisotopic (exact) mass is 315 g/mol. The minimum Gasteiger partial charge on any atom is -0.356 e. The molecule has 0 atom stereocenters. The highest BCUT2D eigenvalue weighted by Gasteiger charge is 2.21. The van der Waals surface area contributed by atoms with Crippen LogP contribution in [0.3, 0.4) is 0 Å². The van der Waals surface area contributed by atoms with Crippen LogP contribution in [0.15, 0.2) is 46.8 Å². The standard InChI is InChI=1S/C18H25N3S/c1-14-8-5-6-9-15(14)12-20-17(19-4)21-13-18(2,3)16-10-7-11-22-16/h5-11H,12-13H2,1-4H3,(H2,19,20,21). The van der Waals surface area contributed by atoms with Crippen LogP contribution in [-0.4, -0.2) is 19.6 Å². The van der Waals surface area contributed by atoms with Crippen molar-refractivity contribution in [2.75, 3.05) is 13.6 Å². The Hall–Kier alpha value is -1.81. The second-order valence-electron chi connectivity index (χ2n) is 6.07. The van der Waals surface area contributed by atoms with Gasteiger partial charge in [-0.25, -0.2) is 0 Å². The van der Waals surface area contributed by atoms with Crippen LogP contribution in [0.5, 0.6) is 0 Å². The van der Waals surface area contributed by atoms with Crippen molar-refractivity contribution in [2.45, 2.75) is 32.7 Å². The number of hydrogen-bond donors (Lipinski definition) is 2. The summed E-state index contributed by atoms with van der Waals surface area (Å²) >= 11 is 1.80. The minimum absolute atomic E-state index is 0.0917. The molecule has 0 spiro atoms. The molecule has 0 radical (unpaired) electrons. The molecule has 1 heterocycles. The van der Waals surface area contributed by atoms with Gasteiger partial charge in [-0.3, -0.25) is 4.99 Å². The molecule has 2 N–H and O–H groups in total. The second-order valence-corrected chi connectivity index (χ2v) is 7.01. The number of guanidine groups is 1. The van der Waals surface area contributed by atoms with Crippen molar-refractivity contribution in [2.24, 2.45) is 4.99 Å². The zero-order chi connectivity index (χ0) is 16.0. The van der Waals surface area contributed by atoms with Crippen molar-refractivity contribution < 1.29 is 0 Å². The summed E-state index contributed by atoms with van der Waals surface area (Å²) < 4.78 is 0. The van der Waals surface area contributed by atoms with Crippen molar-refractivity contribution in [3.05, 3.63) is 57.8 Å². The van der Waals surface area contributed by atoms with Gasteiger partial charge in [0.2, 0.25) is 0 Å². The Kier molecular flexibility index (Phi) is 5.61. The van der Waals surface area contributed by atoms with Gasteiger partial charge >= 0.3 is 0 Å². The smallest absolute Gasteiger partial charge is 0.191 e. The fraction of sp³-hybridized carbons (Fsp3) is 0.389. The summed E-state index contributed by atoms with van der Waals surface area (Å²) in [5, 5.41) is 8.95. The first-order valence-corrected chi connectivity index (χ1v) is 8.44. The number of aliphatic imine (C=N–C) groups is 1. The van der Waals surface area contributed by atoms with Crippen molar-refractivity contribution >= 4 is 17.3 Å². The number of rotatable bonds is 5. The fourth-order valence-corrected chi connectivity index (χ4v) is 3.12. The van der Waals surface area contributed by atoms with Gasteiger partial charge in [-0.1, -0.05) is 44.2 Å². The molecule has 0 aliphatic carbocycles. The summed E-state index contributed by atoms with van der Waals surface area (Å²) in [5.74, 6) is 0.841. The van der Waals surface area contributed by atoms with E-state index in [1.165, 1.54) is 16.0 Å². The average Bonchev–Trinajstić information content (AvgIpc) is 3.04. The molecule has 2 rings (SSSR count). The SMILES string of the molecule is CN=C(NCc1ccccc1C)NCC(C)(C)c1cccs1. The van der Waals surface area contributed by atoms with Crippen LogP contribution in [-0.2, 0) is 12.0 Å². The Bertz CT molecular complexity index is 615. The first kappa shape index (κ1) is 16.6. The molecule has 0 unspecified atom stereocenters. The molecule has 3 nitrogen and oxygen atoms in total. The highest BCUT2D eigenvalue weighted by Crippen LogP contribution is 2.26. The van der Waals surface area contributed by atoms with Gasteiger partial charge < -0.3 is 10.6 Å². The molecule has 0 saturated carbocycles. The number of nitrogens with one attached hydrogen (secondary N) is 2. The summed E-state index contributed by atoms with van der Waals surface area (Å²) in [5.41, 5.74) is 2.68. The van der Waals surface area contributed by atoms with E-state index in [2.05, 4.69) is 78.2 Å². The summed E-state index contributed by atoms with van der Waals surface area (Å²) in [6.45, 7) is 8.26. The first-order chi connectivity index (χ1) is 10.5. The van der Waals surface area contributed by atoms with E-state index in [9.17, 15) is 0 Å². The number of hydrogen-bond acceptors (Lipinski definition) is 2. The van der Waals surface area contributed by atoms with Crippen LogP contribution in [0.2, 0.25) is 0 Å². The highest BCUT2D eigenvalue weighted by atomic mass is 32.1. The normalized spacial score (nSPS) is 12.3. The Balaban J connectivity index is 1.89. The lowest BCUT2D eigenvalue weighted by Gasteiger charge is -2.25. The van der Waals surface area contributed by atoms with E-state index in [0.29, 0.717) is 0 Å². The molecule has 1 aromatic heterocycles. The van der Waals surface area contributed by atoms with Gasteiger partial charge in [-0.15, -0.1) is 11.3 Å². The van der Waals surface area contributed by atoms with E-state index in [1.807, 2.05) is 7.05 Å². The molecular formula is C18H25N3S. The molecule has 1 aromatic carbocycles. The van der Waals surface area contributed by atoms with E-state index < -0.39 is 0 Å². The van der Waals surface area contributed by atoms with Gasteiger partial charge in [0.25, 0.3) is 0 Å². The molecule has 0 aliphatic heterocycles. The lowest BCUT2D eigenvalue weighted by molar-refractivity contribution is 0.518. The maximum Gasteiger partial charge on any atom is 0.191 e. The van der Waals surface area contributed by atoms with Gasteiger partial charge in [0.15, 0.2) is 5.96 Å². The molecule has 0 bridgehead atoms. The zero-order valence-corrected chi connectivity index (χ0v) is 14.6. The lowest BCUT2D eigenvalue weighted by Crippen LogP contribution is -2.43. The Morgan fingerprint density at radius 3 is 2.55 bits per heavy atom. The number of thiophene rings is 1. The fourth-order valence-electron chi connectivity index (χ4n) is 2.26. The predicted octanol–water partition coefficient (Wildman–Crippen LogP) is 3.70. The Morgan fingerprint density at radius 2 is 1.91 bits per heavy atom. The molecule has 0 fully saturated rings. The third-order valence-electron chi connectivity index (χ3n) is 3.82. The van der Waals surface area contributed by atoms with E-state index in [4.69, 9.17) is 0 Å². The Labute approximate surface area is 137 Å². The van der Waals surface area contributed by atoms with E-state index >= 15 is 0 Å². The number of aryl methyl sites for hydroxylation is 1. The van der Waals surface area contributed by atoms with E-state index in [1.54, 1.807) is 11.3 Å². The minimum atomic E-state index is 0.0917. The van der Waals surface area contributed by atoms with E-state index in [0.717, 1.165) is 19.0 Å². The van der Waals surface area contributed by atoms with Crippen molar-refractivity contribution in [1.29, 1.82) is 0 Å². The van der Waals surface area contributed by atoms with Gasteiger partial charge in [-0.05, 0) is 29.5 Å². The average molecular weight is 315 g/mol. The van der Waals surface area contributed by atoms with Crippen LogP contribution < -0.4 is 10.6 Å². The predicted molar refractivity (Wildman–Crippen MR) is 96.7 cm³/mol. The number of benzene rings is 1. The molecule has 4 heteroatoms. The van der Waals surface area contributed by atoms with Crippen LogP contribution in [0, 0.1) is 6.92 Å². The third kappa shape index (κ3) is 4.34. The highest BCUT2D eigenvalue weighted by molar-refractivity contribution is 7.10. The van der Waals surface area contributed by atoms with Gasteiger partial charge in [0.1, 0.15) is 0 Å². The summed E-state index contributed by atoms with van der Waals surface area (Å²) in [6.07, 6.45) is 0. The van der Waals surface area contributed by atoms with Crippen molar-refractivity contribution in [3.63, 3.8) is 0 Å². The maximum atomic E-state index is 4.32. The molecular weight excluding hydrogens is 290 g/mol. The summed E-state index contributed by atoms with van der Waals surface area (Å²) in [4.78, 5) is 5.70. The zero-order valence-electron chi connectivity index (χ0n) is 13.8. The van der Waals surface area contributed by atoms with Crippen LogP contribution >= 0.6 is 11.3 Å². The van der Waals surface area contributed by atoms with Gasteiger partial charge in [0, 0.05) is 30.4 Å². The molecule has 2 aromatic rings.